The number of fused-ring (bicyclic) bond motifs is 2. The molecule has 0 amide bonds. The van der Waals surface area contributed by atoms with E-state index in [4.69, 9.17) is 14.5 Å². The van der Waals surface area contributed by atoms with Crippen molar-refractivity contribution in [1.29, 1.82) is 0 Å². The summed E-state index contributed by atoms with van der Waals surface area (Å²) in [5.74, 6) is 2.49. The minimum Gasteiger partial charge on any atom is -0.381 e. The second-order valence-electron chi connectivity index (χ2n) is 9.72. The molecular formula is C22H38N4O2. The van der Waals surface area contributed by atoms with Gasteiger partial charge in [-0.1, -0.05) is 6.42 Å². The zero-order valence-corrected chi connectivity index (χ0v) is 17.5. The van der Waals surface area contributed by atoms with Crippen molar-refractivity contribution in [2.75, 3.05) is 46.0 Å². The number of rotatable bonds is 5. The number of hydrogen-bond acceptors (Lipinski definition) is 4. The number of hydrogen-bond donors (Lipinski definition) is 2. The van der Waals surface area contributed by atoms with Crippen molar-refractivity contribution in [2.24, 2.45) is 22.2 Å². The Bertz CT molecular complexity index is 565. The van der Waals surface area contributed by atoms with E-state index in [2.05, 4.69) is 22.5 Å². The smallest absolute Gasteiger partial charge is 0.191 e. The van der Waals surface area contributed by atoms with Crippen molar-refractivity contribution in [1.82, 2.24) is 15.5 Å². The molecule has 6 nitrogen and oxygen atoms in total. The van der Waals surface area contributed by atoms with Crippen LogP contribution in [0.3, 0.4) is 0 Å². The number of nitrogens with one attached hydrogen (secondary N) is 2. The first-order valence-corrected chi connectivity index (χ1v) is 11.8. The Morgan fingerprint density at radius 3 is 2.64 bits per heavy atom. The third-order valence-corrected chi connectivity index (χ3v) is 8.11. The lowest BCUT2D eigenvalue weighted by Gasteiger charge is -2.63. The quantitative estimate of drug-likeness (QED) is 0.555. The number of likely N-dealkylation sites (tertiary alicyclic amines) is 1. The van der Waals surface area contributed by atoms with Gasteiger partial charge < -0.3 is 25.0 Å². The summed E-state index contributed by atoms with van der Waals surface area (Å²) in [4.78, 5) is 7.44. The molecule has 28 heavy (non-hydrogen) atoms. The van der Waals surface area contributed by atoms with E-state index in [1.54, 1.807) is 0 Å². The van der Waals surface area contributed by atoms with Crippen LogP contribution < -0.4 is 10.6 Å². The molecule has 3 aliphatic heterocycles. The summed E-state index contributed by atoms with van der Waals surface area (Å²) in [7, 11) is 0. The minimum atomic E-state index is 0.407. The molecular weight excluding hydrogens is 352 g/mol. The fourth-order valence-electron chi connectivity index (χ4n) is 6.44. The Morgan fingerprint density at radius 1 is 1.11 bits per heavy atom. The van der Waals surface area contributed by atoms with Gasteiger partial charge in [0, 0.05) is 62.8 Å². The van der Waals surface area contributed by atoms with Gasteiger partial charge in [-0.15, -0.1) is 0 Å². The third kappa shape index (κ3) is 3.46. The number of guanidine groups is 1. The van der Waals surface area contributed by atoms with Crippen LogP contribution in [0.2, 0.25) is 0 Å². The number of aliphatic imine (C=N–C) groups is 1. The molecule has 4 atom stereocenters. The molecule has 3 heterocycles. The van der Waals surface area contributed by atoms with Crippen molar-refractivity contribution in [3.05, 3.63) is 0 Å². The average Bonchev–Trinajstić information content (AvgIpc) is 3.31. The molecule has 1 spiro atoms. The van der Waals surface area contributed by atoms with Gasteiger partial charge >= 0.3 is 0 Å². The lowest BCUT2D eigenvalue weighted by molar-refractivity contribution is -0.171. The molecule has 0 bridgehead atoms. The summed E-state index contributed by atoms with van der Waals surface area (Å²) in [5, 5.41) is 7.65. The highest BCUT2D eigenvalue weighted by Gasteiger charge is 2.66. The van der Waals surface area contributed by atoms with Crippen molar-refractivity contribution < 1.29 is 9.47 Å². The molecule has 4 unspecified atom stereocenters. The fourth-order valence-corrected chi connectivity index (χ4v) is 6.44. The van der Waals surface area contributed by atoms with Crippen LogP contribution in [0.5, 0.6) is 0 Å². The second kappa shape index (κ2) is 8.11. The molecule has 2 N–H and O–H groups in total. The summed E-state index contributed by atoms with van der Waals surface area (Å²) < 4.78 is 11.6. The third-order valence-electron chi connectivity index (χ3n) is 8.11. The molecule has 0 radical (unpaired) electrons. The fraction of sp³-hybridized carbons (Fsp3) is 0.955. The molecule has 5 rings (SSSR count). The molecule has 0 aromatic heterocycles. The van der Waals surface area contributed by atoms with Gasteiger partial charge in [0.15, 0.2) is 5.96 Å². The Balaban J connectivity index is 1.13. The first kappa shape index (κ1) is 19.1. The van der Waals surface area contributed by atoms with E-state index in [1.165, 1.54) is 64.6 Å². The monoisotopic (exact) mass is 390 g/mol. The number of ether oxygens (including phenoxy) is 2. The van der Waals surface area contributed by atoms with Crippen molar-refractivity contribution >= 4 is 5.96 Å². The maximum absolute atomic E-state index is 6.08. The second-order valence-corrected chi connectivity index (χ2v) is 9.72. The standard InChI is InChI=1S/C22H38N4O2/c1-2-23-21(25-19-18-7-13-28-20(18)22(19)8-3-9-22)24-17-4-10-26(11-5-17)14-16-6-12-27-15-16/h16-20H,2-15H2,1H3,(H2,23,24,25). The highest BCUT2D eigenvalue weighted by Crippen LogP contribution is 2.62. The lowest BCUT2D eigenvalue weighted by atomic mass is 9.46. The minimum absolute atomic E-state index is 0.407. The normalized spacial score (nSPS) is 38.1. The van der Waals surface area contributed by atoms with E-state index in [0.29, 0.717) is 29.5 Å². The number of nitrogens with zero attached hydrogens (tertiary/aromatic N) is 2. The maximum Gasteiger partial charge on any atom is 0.191 e. The van der Waals surface area contributed by atoms with E-state index in [0.717, 1.165) is 38.2 Å². The zero-order chi connectivity index (χ0) is 19.0. The van der Waals surface area contributed by atoms with Crippen molar-refractivity contribution in [3.8, 4) is 0 Å². The van der Waals surface area contributed by atoms with Gasteiger partial charge in [0.05, 0.1) is 12.7 Å². The summed E-state index contributed by atoms with van der Waals surface area (Å²) in [5.41, 5.74) is 0.407. The maximum atomic E-state index is 6.08. The van der Waals surface area contributed by atoms with Crippen molar-refractivity contribution in [2.45, 2.75) is 70.1 Å². The van der Waals surface area contributed by atoms with Crippen LogP contribution in [0.15, 0.2) is 4.99 Å². The molecule has 6 heteroatoms. The lowest BCUT2D eigenvalue weighted by Crippen LogP contribution is -2.72. The van der Waals surface area contributed by atoms with Gasteiger partial charge in [-0.2, -0.15) is 0 Å². The highest BCUT2D eigenvalue weighted by atomic mass is 16.5. The molecule has 0 aromatic rings. The van der Waals surface area contributed by atoms with E-state index < -0.39 is 0 Å². The van der Waals surface area contributed by atoms with Crippen LogP contribution in [0.1, 0.15) is 51.9 Å². The largest absolute Gasteiger partial charge is 0.381 e. The summed E-state index contributed by atoms with van der Waals surface area (Å²) in [6.07, 6.45) is 9.42. The van der Waals surface area contributed by atoms with Crippen molar-refractivity contribution in [3.63, 3.8) is 0 Å². The van der Waals surface area contributed by atoms with Crippen LogP contribution in [-0.2, 0) is 9.47 Å². The van der Waals surface area contributed by atoms with E-state index in [1.807, 2.05) is 0 Å². The SMILES string of the molecule is CCN=C(NC1CCN(CC2CCOC2)CC1)NC1C2CCOC2C12CCC2. The molecule has 3 saturated heterocycles. The molecule has 5 aliphatic rings. The molecule has 5 fully saturated rings. The van der Waals surface area contributed by atoms with Crippen LogP contribution in [0.25, 0.3) is 0 Å². The molecule has 2 saturated carbocycles. The van der Waals surface area contributed by atoms with E-state index in [-0.39, 0.29) is 0 Å². The Hall–Kier alpha value is -0.850. The molecule has 0 aromatic carbocycles. The van der Waals surface area contributed by atoms with Crippen LogP contribution >= 0.6 is 0 Å². The van der Waals surface area contributed by atoms with E-state index >= 15 is 0 Å². The predicted octanol–water partition coefficient (Wildman–Crippen LogP) is 2.00. The van der Waals surface area contributed by atoms with Gasteiger partial charge in [0.1, 0.15) is 0 Å². The first-order valence-electron chi connectivity index (χ1n) is 11.8. The van der Waals surface area contributed by atoms with E-state index in [9.17, 15) is 0 Å². The van der Waals surface area contributed by atoms with Gasteiger partial charge in [-0.25, -0.2) is 0 Å². The van der Waals surface area contributed by atoms with Crippen LogP contribution in [0, 0.1) is 17.3 Å². The molecule has 158 valence electrons. The Kier molecular flexibility index (Phi) is 5.54. The topological polar surface area (TPSA) is 58.1 Å². The Morgan fingerprint density at radius 2 is 1.96 bits per heavy atom. The summed E-state index contributed by atoms with van der Waals surface area (Å²) >= 11 is 0. The zero-order valence-electron chi connectivity index (χ0n) is 17.5. The average molecular weight is 391 g/mol. The van der Waals surface area contributed by atoms with Crippen LogP contribution in [0.4, 0.5) is 0 Å². The summed E-state index contributed by atoms with van der Waals surface area (Å²) in [6, 6.07) is 1.11. The number of piperidine rings is 1. The highest BCUT2D eigenvalue weighted by molar-refractivity contribution is 5.80. The van der Waals surface area contributed by atoms with Crippen LogP contribution in [-0.4, -0.2) is 75.0 Å². The van der Waals surface area contributed by atoms with Gasteiger partial charge in [-0.05, 0) is 51.4 Å². The van der Waals surface area contributed by atoms with Gasteiger partial charge in [0.2, 0.25) is 0 Å². The predicted molar refractivity (Wildman–Crippen MR) is 111 cm³/mol. The van der Waals surface area contributed by atoms with Gasteiger partial charge in [-0.3, -0.25) is 4.99 Å². The molecule has 2 aliphatic carbocycles. The summed E-state index contributed by atoms with van der Waals surface area (Å²) in [6.45, 7) is 9.45. The Labute approximate surface area is 169 Å². The van der Waals surface area contributed by atoms with Gasteiger partial charge in [0.25, 0.3) is 0 Å². The first-order chi connectivity index (χ1) is 13.8.